The van der Waals surface area contributed by atoms with Crippen LogP contribution in [-0.2, 0) is 7.05 Å². The quantitative estimate of drug-likeness (QED) is 0.781. The van der Waals surface area contributed by atoms with Crippen molar-refractivity contribution >= 4 is 5.91 Å². The molecule has 0 spiro atoms. The van der Waals surface area contributed by atoms with E-state index in [2.05, 4.69) is 10.3 Å². The molecule has 1 aromatic heterocycles. The minimum absolute atomic E-state index is 0.117. The van der Waals surface area contributed by atoms with E-state index in [1.54, 1.807) is 4.57 Å². The van der Waals surface area contributed by atoms with Gasteiger partial charge in [-0.3, -0.25) is 4.79 Å². The summed E-state index contributed by atoms with van der Waals surface area (Å²) in [6.07, 6.45) is 1.82. The lowest BCUT2D eigenvalue weighted by atomic mass is 10.5. The van der Waals surface area contributed by atoms with Crippen molar-refractivity contribution in [3.63, 3.8) is 0 Å². The molecule has 4 heteroatoms. The summed E-state index contributed by atoms with van der Waals surface area (Å²) in [7, 11) is 1.81. The number of nitrogens with zero attached hydrogens (tertiary/aromatic N) is 2. The molecule has 1 amide bonds. The third-order valence-corrected chi connectivity index (χ3v) is 1.54. The zero-order valence-electron chi connectivity index (χ0n) is 9.59. The number of hydrogen-bond acceptors (Lipinski definition) is 2. The van der Waals surface area contributed by atoms with Gasteiger partial charge < -0.3 is 9.88 Å². The van der Waals surface area contributed by atoms with Gasteiger partial charge in [0.15, 0.2) is 5.82 Å². The number of aromatic nitrogens is 2. The van der Waals surface area contributed by atoms with Crippen molar-refractivity contribution in [1.82, 2.24) is 14.9 Å². The molecule has 4 nitrogen and oxygen atoms in total. The standard InChI is InChI=1S/C8H13N3O.C2H6/c1-4-9-8(12)7-10-6(2)5-11(7)3;1-2/h5H,4H2,1-3H3,(H,9,12);1-2H3. The van der Waals surface area contributed by atoms with Crippen molar-refractivity contribution < 1.29 is 4.79 Å². The van der Waals surface area contributed by atoms with Crippen LogP contribution in [0.4, 0.5) is 0 Å². The van der Waals surface area contributed by atoms with Gasteiger partial charge in [0.05, 0.1) is 5.69 Å². The maximum Gasteiger partial charge on any atom is 0.287 e. The molecule has 0 radical (unpaired) electrons. The first-order chi connectivity index (χ1) is 6.65. The van der Waals surface area contributed by atoms with E-state index in [1.807, 2.05) is 40.9 Å². The first kappa shape index (κ1) is 12.7. The van der Waals surface area contributed by atoms with E-state index in [9.17, 15) is 4.79 Å². The number of hydrogen-bond donors (Lipinski definition) is 1. The summed E-state index contributed by atoms with van der Waals surface area (Å²) in [6.45, 7) is 8.38. The largest absolute Gasteiger partial charge is 0.350 e. The minimum atomic E-state index is -0.117. The van der Waals surface area contributed by atoms with E-state index in [1.165, 1.54) is 0 Å². The zero-order chi connectivity index (χ0) is 11.1. The number of nitrogens with one attached hydrogen (secondary N) is 1. The monoisotopic (exact) mass is 197 g/mol. The summed E-state index contributed by atoms with van der Waals surface area (Å²) in [4.78, 5) is 15.4. The molecular formula is C10H19N3O. The van der Waals surface area contributed by atoms with Crippen LogP contribution in [0.3, 0.4) is 0 Å². The molecule has 1 heterocycles. The highest BCUT2D eigenvalue weighted by atomic mass is 16.2. The third kappa shape index (κ3) is 3.20. The Labute approximate surface area is 85.3 Å². The Morgan fingerprint density at radius 3 is 2.50 bits per heavy atom. The van der Waals surface area contributed by atoms with Gasteiger partial charge in [0.25, 0.3) is 5.91 Å². The number of amides is 1. The topological polar surface area (TPSA) is 46.9 Å². The lowest BCUT2D eigenvalue weighted by molar-refractivity contribution is 0.0942. The Morgan fingerprint density at radius 2 is 2.14 bits per heavy atom. The molecule has 0 aliphatic heterocycles. The van der Waals surface area contributed by atoms with Crippen LogP contribution in [0.1, 0.15) is 37.1 Å². The van der Waals surface area contributed by atoms with Crippen molar-refractivity contribution in [2.75, 3.05) is 6.54 Å². The fourth-order valence-electron chi connectivity index (χ4n) is 1.07. The Hall–Kier alpha value is -1.32. The lowest BCUT2D eigenvalue weighted by Crippen LogP contribution is -2.25. The molecule has 0 saturated heterocycles. The normalized spacial score (nSPS) is 8.93. The number of rotatable bonds is 2. The third-order valence-electron chi connectivity index (χ3n) is 1.54. The molecule has 0 unspecified atom stereocenters. The fraction of sp³-hybridized carbons (Fsp3) is 0.600. The van der Waals surface area contributed by atoms with E-state index >= 15 is 0 Å². The van der Waals surface area contributed by atoms with Crippen LogP contribution in [0.5, 0.6) is 0 Å². The fourth-order valence-corrected chi connectivity index (χ4v) is 1.07. The van der Waals surface area contributed by atoms with Gasteiger partial charge in [0, 0.05) is 19.8 Å². The lowest BCUT2D eigenvalue weighted by Gasteiger charge is -2.00. The summed E-state index contributed by atoms with van der Waals surface area (Å²) in [5, 5.41) is 2.69. The van der Waals surface area contributed by atoms with E-state index in [4.69, 9.17) is 0 Å². The molecule has 0 fully saturated rings. The van der Waals surface area contributed by atoms with Crippen LogP contribution in [0.25, 0.3) is 0 Å². The molecule has 1 rings (SSSR count). The first-order valence-electron chi connectivity index (χ1n) is 4.93. The molecule has 14 heavy (non-hydrogen) atoms. The molecular weight excluding hydrogens is 178 g/mol. The van der Waals surface area contributed by atoms with Gasteiger partial charge in [0.1, 0.15) is 0 Å². The molecule has 0 saturated carbocycles. The van der Waals surface area contributed by atoms with Gasteiger partial charge in [-0.05, 0) is 13.8 Å². The highest BCUT2D eigenvalue weighted by Gasteiger charge is 2.10. The predicted molar refractivity (Wildman–Crippen MR) is 57.3 cm³/mol. The van der Waals surface area contributed by atoms with Gasteiger partial charge in [-0.1, -0.05) is 13.8 Å². The Bertz CT molecular complexity index is 292. The average molecular weight is 197 g/mol. The van der Waals surface area contributed by atoms with Crippen LogP contribution in [0.15, 0.2) is 6.20 Å². The Morgan fingerprint density at radius 1 is 1.57 bits per heavy atom. The van der Waals surface area contributed by atoms with Crippen molar-refractivity contribution in [3.8, 4) is 0 Å². The summed E-state index contributed by atoms with van der Waals surface area (Å²) >= 11 is 0. The molecule has 1 aromatic rings. The summed E-state index contributed by atoms with van der Waals surface area (Å²) in [5.74, 6) is 0.349. The Kier molecular flexibility index (Phi) is 5.60. The van der Waals surface area contributed by atoms with Crippen molar-refractivity contribution in [3.05, 3.63) is 17.7 Å². The van der Waals surface area contributed by atoms with E-state index in [-0.39, 0.29) is 5.91 Å². The minimum Gasteiger partial charge on any atom is -0.350 e. The van der Waals surface area contributed by atoms with Crippen molar-refractivity contribution in [2.45, 2.75) is 27.7 Å². The second-order valence-electron chi connectivity index (χ2n) is 2.68. The zero-order valence-corrected chi connectivity index (χ0v) is 9.59. The molecule has 0 aliphatic rings. The Balaban J connectivity index is 0.000000791. The van der Waals surface area contributed by atoms with Crippen LogP contribution >= 0.6 is 0 Å². The highest BCUT2D eigenvalue weighted by Crippen LogP contribution is 1.98. The second kappa shape index (κ2) is 6.18. The average Bonchev–Trinajstić information content (AvgIpc) is 2.49. The molecule has 0 bridgehead atoms. The molecule has 0 aromatic carbocycles. The summed E-state index contributed by atoms with van der Waals surface area (Å²) in [5.41, 5.74) is 0.860. The van der Waals surface area contributed by atoms with Gasteiger partial charge >= 0.3 is 0 Å². The van der Waals surface area contributed by atoms with Crippen LogP contribution in [-0.4, -0.2) is 22.0 Å². The number of imidazole rings is 1. The maximum absolute atomic E-state index is 11.3. The van der Waals surface area contributed by atoms with Crippen LogP contribution in [0.2, 0.25) is 0 Å². The molecule has 0 atom stereocenters. The van der Waals surface area contributed by atoms with Crippen molar-refractivity contribution in [1.29, 1.82) is 0 Å². The highest BCUT2D eigenvalue weighted by molar-refractivity contribution is 5.90. The number of carbonyl (C=O) groups is 1. The number of carbonyl (C=O) groups excluding carboxylic acids is 1. The number of aryl methyl sites for hydroxylation is 2. The summed E-state index contributed by atoms with van der Waals surface area (Å²) in [6, 6.07) is 0. The molecule has 1 N–H and O–H groups in total. The first-order valence-corrected chi connectivity index (χ1v) is 4.93. The summed E-state index contributed by atoms with van der Waals surface area (Å²) < 4.78 is 1.72. The van der Waals surface area contributed by atoms with Crippen molar-refractivity contribution in [2.24, 2.45) is 7.05 Å². The molecule has 0 aliphatic carbocycles. The predicted octanol–water partition coefficient (Wildman–Crippen LogP) is 1.50. The van der Waals surface area contributed by atoms with Gasteiger partial charge in [-0.2, -0.15) is 0 Å². The second-order valence-corrected chi connectivity index (χ2v) is 2.68. The van der Waals surface area contributed by atoms with Gasteiger partial charge in [-0.15, -0.1) is 0 Å². The van der Waals surface area contributed by atoms with E-state index in [0.29, 0.717) is 12.4 Å². The van der Waals surface area contributed by atoms with Crippen LogP contribution < -0.4 is 5.32 Å². The van der Waals surface area contributed by atoms with Crippen LogP contribution in [0, 0.1) is 6.92 Å². The van der Waals surface area contributed by atoms with Gasteiger partial charge in [0.2, 0.25) is 0 Å². The smallest absolute Gasteiger partial charge is 0.287 e. The van der Waals surface area contributed by atoms with Gasteiger partial charge in [-0.25, -0.2) is 4.98 Å². The van der Waals surface area contributed by atoms with E-state index in [0.717, 1.165) is 5.69 Å². The molecule has 80 valence electrons. The maximum atomic E-state index is 11.3. The SMILES string of the molecule is CC.CCNC(=O)c1nc(C)cn1C. The van der Waals surface area contributed by atoms with E-state index < -0.39 is 0 Å².